The predicted octanol–water partition coefficient (Wildman–Crippen LogP) is 2.05. The Morgan fingerprint density at radius 1 is 1.53 bits per heavy atom. The minimum Gasteiger partial charge on any atom is -0.384 e. The fraction of sp³-hybridized carbons (Fsp3) is 0.357. The molecule has 0 aliphatic rings. The summed E-state index contributed by atoms with van der Waals surface area (Å²) in [5, 5.41) is 11.7. The number of hydrogen-bond acceptors (Lipinski definition) is 3. The van der Waals surface area contributed by atoms with Crippen LogP contribution in [0.4, 0.5) is 5.69 Å². The van der Waals surface area contributed by atoms with E-state index in [1.165, 1.54) is 0 Å². The van der Waals surface area contributed by atoms with Crippen molar-refractivity contribution in [2.75, 3.05) is 25.1 Å². The standard InChI is InChI=1S/C14H16ClNO3/c1-2-8-19-10-14(18)16-13-9-11(4-3-7-17)5-6-12(13)15/h5-6,9,17H,2,7-8,10H2,1H3,(H,16,18). The van der Waals surface area contributed by atoms with Crippen molar-refractivity contribution in [3.63, 3.8) is 0 Å². The molecule has 0 spiro atoms. The van der Waals surface area contributed by atoms with Crippen LogP contribution in [0.15, 0.2) is 18.2 Å². The fourth-order valence-electron chi connectivity index (χ4n) is 1.34. The molecule has 0 aliphatic heterocycles. The minimum atomic E-state index is -0.261. The number of halogens is 1. The number of hydrogen-bond donors (Lipinski definition) is 2. The van der Waals surface area contributed by atoms with E-state index in [2.05, 4.69) is 17.2 Å². The van der Waals surface area contributed by atoms with Gasteiger partial charge < -0.3 is 15.2 Å². The second-order valence-electron chi connectivity index (χ2n) is 3.76. The van der Waals surface area contributed by atoms with Crippen molar-refractivity contribution in [3.8, 4) is 11.8 Å². The van der Waals surface area contributed by atoms with E-state index >= 15 is 0 Å². The largest absolute Gasteiger partial charge is 0.384 e. The summed E-state index contributed by atoms with van der Waals surface area (Å²) >= 11 is 5.98. The number of benzene rings is 1. The van der Waals surface area contributed by atoms with Gasteiger partial charge in [-0.25, -0.2) is 0 Å². The zero-order valence-electron chi connectivity index (χ0n) is 10.7. The van der Waals surface area contributed by atoms with Gasteiger partial charge >= 0.3 is 0 Å². The highest BCUT2D eigenvalue weighted by molar-refractivity contribution is 6.33. The number of amides is 1. The highest BCUT2D eigenvalue weighted by Crippen LogP contribution is 2.22. The van der Waals surface area contributed by atoms with Crippen LogP contribution in [-0.2, 0) is 9.53 Å². The lowest BCUT2D eigenvalue weighted by atomic mass is 10.2. The van der Waals surface area contributed by atoms with Gasteiger partial charge in [-0.3, -0.25) is 4.79 Å². The first-order valence-corrected chi connectivity index (χ1v) is 6.32. The summed E-state index contributed by atoms with van der Waals surface area (Å²) in [6, 6.07) is 5.02. The molecule has 0 aromatic heterocycles. The number of carbonyl (C=O) groups is 1. The van der Waals surface area contributed by atoms with Crippen molar-refractivity contribution in [1.29, 1.82) is 0 Å². The molecular weight excluding hydrogens is 266 g/mol. The van der Waals surface area contributed by atoms with E-state index in [0.717, 1.165) is 6.42 Å². The van der Waals surface area contributed by atoms with E-state index in [1.807, 2.05) is 6.92 Å². The lowest BCUT2D eigenvalue weighted by molar-refractivity contribution is -0.120. The zero-order chi connectivity index (χ0) is 14.1. The average molecular weight is 282 g/mol. The van der Waals surface area contributed by atoms with Gasteiger partial charge in [0, 0.05) is 12.2 Å². The second-order valence-corrected chi connectivity index (χ2v) is 4.16. The summed E-state index contributed by atoms with van der Waals surface area (Å²) in [4.78, 5) is 11.6. The van der Waals surface area contributed by atoms with Crippen LogP contribution in [0.5, 0.6) is 0 Å². The lowest BCUT2D eigenvalue weighted by Gasteiger charge is -2.08. The van der Waals surface area contributed by atoms with Crippen LogP contribution < -0.4 is 5.32 Å². The molecule has 1 amide bonds. The predicted molar refractivity (Wildman–Crippen MR) is 75.2 cm³/mol. The van der Waals surface area contributed by atoms with Crippen molar-refractivity contribution in [3.05, 3.63) is 28.8 Å². The molecule has 0 heterocycles. The van der Waals surface area contributed by atoms with Crippen molar-refractivity contribution < 1.29 is 14.6 Å². The summed E-state index contributed by atoms with van der Waals surface area (Å²) in [5.74, 6) is 5.02. The van der Waals surface area contributed by atoms with Gasteiger partial charge in [0.1, 0.15) is 13.2 Å². The smallest absolute Gasteiger partial charge is 0.250 e. The molecule has 0 saturated carbocycles. The van der Waals surface area contributed by atoms with Gasteiger partial charge in [0.25, 0.3) is 0 Å². The molecule has 0 aliphatic carbocycles. The summed E-state index contributed by atoms with van der Waals surface area (Å²) in [6.45, 7) is 2.30. The van der Waals surface area contributed by atoms with Crippen molar-refractivity contribution in [2.24, 2.45) is 0 Å². The number of aliphatic hydroxyl groups excluding tert-OH is 1. The van der Waals surface area contributed by atoms with Crippen LogP contribution in [0, 0.1) is 11.8 Å². The molecule has 0 atom stereocenters. The Labute approximate surface area is 117 Å². The molecule has 0 fully saturated rings. The van der Waals surface area contributed by atoms with Crippen LogP contribution >= 0.6 is 11.6 Å². The first-order valence-electron chi connectivity index (χ1n) is 5.94. The van der Waals surface area contributed by atoms with Gasteiger partial charge in [0.05, 0.1) is 10.7 Å². The highest BCUT2D eigenvalue weighted by atomic mass is 35.5. The van der Waals surface area contributed by atoms with Gasteiger partial charge in [-0.15, -0.1) is 0 Å². The maximum absolute atomic E-state index is 11.6. The Hall–Kier alpha value is -1.54. The van der Waals surface area contributed by atoms with E-state index in [1.54, 1.807) is 18.2 Å². The Morgan fingerprint density at radius 3 is 3.00 bits per heavy atom. The van der Waals surface area contributed by atoms with Crippen molar-refractivity contribution >= 4 is 23.2 Å². The molecule has 0 unspecified atom stereocenters. The van der Waals surface area contributed by atoms with Gasteiger partial charge in [-0.1, -0.05) is 30.4 Å². The van der Waals surface area contributed by atoms with Gasteiger partial charge in [-0.2, -0.15) is 0 Å². The molecule has 2 N–H and O–H groups in total. The monoisotopic (exact) mass is 281 g/mol. The second kappa shape index (κ2) is 8.54. The Kier molecular flexibility index (Phi) is 6.98. The first-order chi connectivity index (χ1) is 9.17. The van der Waals surface area contributed by atoms with Crippen LogP contribution in [0.25, 0.3) is 0 Å². The quantitative estimate of drug-likeness (QED) is 0.641. The van der Waals surface area contributed by atoms with E-state index in [-0.39, 0.29) is 19.1 Å². The Balaban J connectivity index is 2.68. The molecule has 1 rings (SSSR count). The third kappa shape index (κ3) is 5.75. The first kappa shape index (κ1) is 15.5. The number of carbonyl (C=O) groups excluding carboxylic acids is 1. The molecule has 102 valence electrons. The maximum atomic E-state index is 11.6. The topological polar surface area (TPSA) is 58.6 Å². The summed E-state index contributed by atoms with van der Waals surface area (Å²) in [5.41, 5.74) is 1.15. The molecular formula is C14H16ClNO3. The summed E-state index contributed by atoms with van der Waals surface area (Å²) < 4.78 is 5.14. The SMILES string of the molecule is CCCOCC(=O)Nc1cc(C#CCO)ccc1Cl. The summed E-state index contributed by atoms with van der Waals surface area (Å²) in [6.07, 6.45) is 0.861. The third-order valence-corrected chi connectivity index (χ3v) is 2.46. The number of rotatable bonds is 5. The van der Waals surface area contributed by atoms with Crippen LogP contribution in [0.3, 0.4) is 0 Å². The lowest BCUT2D eigenvalue weighted by Crippen LogP contribution is -2.18. The number of nitrogens with one attached hydrogen (secondary N) is 1. The van der Waals surface area contributed by atoms with E-state index in [9.17, 15) is 4.79 Å². The summed E-state index contributed by atoms with van der Waals surface area (Å²) in [7, 11) is 0. The molecule has 4 nitrogen and oxygen atoms in total. The fourth-order valence-corrected chi connectivity index (χ4v) is 1.50. The molecule has 0 bridgehead atoms. The Bertz CT molecular complexity index is 491. The van der Waals surface area contributed by atoms with Crippen LogP contribution in [0.1, 0.15) is 18.9 Å². The molecule has 5 heteroatoms. The number of aliphatic hydroxyl groups is 1. The van der Waals surface area contributed by atoms with Crippen LogP contribution in [0.2, 0.25) is 5.02 Å². The molecule has 19 heavy (non-hydrogen) atoms. The maximum Gasteiger partial charge on any atom is 0.250 e. The van der Waals surface area contributed by atoms with Crippen molar-refractivity contribution in [2.45, 2.75) is 13.3 Å². The molecule has 0 radical (unpaired) electrons. The normalized spacial score (nSPS) is 9.63. The molecule has 1 aromatic carbocycles. The third-order valence-electron chi connectivity index (χ3n) is 2.13. The zero-order valence-corrected chi connectivity index (χ0v) is 11.5. The van der Waals surface area contributed by atoms with E-state index in [0.29, 0.717) is 22.9 Å². The highest BCUT2D eigenvalue weighted by Gasteiger charge is 2.06. The van der Waals surface area contributed by atoms with E-state index in [4.69, 9.17) is 21.4 Å². The Morgan fingerprint density at radius 2 is 2.32 bits per heavy atom. The van der Waals surface area contributed by atoms with Crippen LogP contribution in [-0.4, -0.2) is 30.8 Å². The molecule has 1 aromatic rings. The van der Waals surface area contributed by atoms with E-state index < -0.39 is 0 Å². The average Bonchev–Trinajstić information content (AvgIpc) is 2.40. The minimum absolute atomic E-state index is 0.00326. The van der Waals surface area contributed by atoms with Gasteiger partial charge in [-0.05, 0) is 24.6 Å². The van der Waals surface area contributed by atoms with Gasteiger partial charge in [0.15, 0.2) is 0 Å². The number of anilines is 1. The molecule has 0 saturated heterocycles. The number of ether oxygens (including phenoxy) is 1. The van der Waals surface area contributed by atoms with Gasteiger partial charge in [0.2, 0.25) is 5.91 Å². The van der Waals surface area contributed by atoms with Crippen molar-refractivity contribution in [1.82, 2.24) is 0 Å².